The molecule has 0 radical (unpaired) electrons. The average Bonchev–Trinajstić information content (AvgIpc) is 3.99. The number of aromatic nitrogens is 2. The minimum absolute atomic E-state index is 1.15. The summed E-state index contributed by atoms with van der Waals surface area (Å²) in [5.41, 5.74) is 9.53. The van der Waals surface area contributed by atoms with Crippen LogP contribution in [0.2, 0.25) is 0 Å². The lowest BCUT2D eigenvalue weighted by molar-refractivity contribution is 1.14. The molecule has 2 nitrogen and oxygen atoms in total. The van der Waals surface area contributed by atoms with E-state index in [1.54, 1.807) is 0 Å². The number of hydrogen-bond acceptors (Lipinski definition) is 2. The second-order valence-corrected chi connectivity index (χ2v) is 16.2. The van der Waals surface area contributed by atoms with Crippen molar-refractivity contribution in [2.75, 3.05) is 0 Å². The van der Waals surface area contributed by atoms with E-state index in [0.717, 1.165) is 11.4 Å². The van der Waals surface area contributed by atoms with E-state index in [-0.39, 0.29) is 0 Å². The molecule has 4 aromatic heterocycles. The van der Waals surface area contributed by atoms with Gasteiger partial charge in [0.2, 0.25) is 0 Å². The van der Waals surface area contributed by atoms with E-state index in [1.165, 1.54) is 95.4 Å². The van der Waals surface area contributed by atoms with E-state index in [1.807, 2.05) is 22.7 Å². The maximum absolute atomic E-state index is 2.51. The minimum Gasteiger partial charge on any atom is -0.308 e. The van der Waals surface area contributed by atoms with Gasteiger partial charge in [-0.1, -0.05) is 133 Å². The van der Waals surface area contributed by atoms with Crippen molar-refractivity contribution in [3.05, 3.63) is 182 Å². The highest BCUT2D eigenvalue weighted by atomic mass is 32.1. The molecule has 12 rings (SSSR count). The van der Waals surface area contributed by atoms with Gasteiger partial charge in [-0.3, -0.25) is 0 Å². The van der Waals surface area contributed by atoms with E-state index in [9.17, 15) is 0 Å². The number of fused-ring (bicyclic) bond motifs is 9. The van der Waals surface area contributed by atoms with Gasteiger partial charge in [0.25, 0.3) is 0 Å². The molecule has 0 aliphatic heterocycles. The number of hydrogen-bond donors (Lipinski definition) is 0. The van der Waals surface area contributed by atoms with Crippen LogP contribution < -0.4 is 0 Å². The molecule has 12 aromatic rings. The van der Waals surface area contributed by atoms with Crippen molar-refractivity contribution in [1.82, 2.24) is 9.13 Å². The number of benzene rings is 8. The fourth-order valence-corrected chi connectivity index (χ4v) is 11.1. The van der Waals surface area contributed by atoms with Crippen LogP contribution in [-0.4, -0.2) is 9.13 Å². The van der Waals surface area contributed by atoms with Gasteiger partial charge in [0.1, 0.15) is 0 Å². The van der Waals surface area contributed by atoms with E-state index in [2.05, 4.69) is 191 Å². The Bertz CT molecular complexity index is 3230. The highest BCUT2D eigenvalue weighted by Gasteiger charge is 2.24. The van der Waals surface area contributed by atoms with E-state index < -0.39 is 0 Å². The first-order valence-electron chi connectivity index (χ1n) is 18.3. The van der Waals surface area contributed by atoms with Crippen molar-refractivity contribution in [2.24, 2.45) is 0 Å². The minimum atomic E-state index is 1.15. The molecule has 0 saturated carbocycles. The summed E-state index contributed by atoms with van der Waals surface area (Å²) in [7, 11) is 0. The van der Waals surface area contributed by atoms with E-state index in [4.69, 9.17) is 0 Å². The van der Waals surface area contributed by atoms with Crippen molar-refractivity contribution < 1.29 is 0 Å². The highest BCUT2D eigenvalue weighted by Crippen LogP contribution is 2.46. The Morgan fingerprint density at radius 1 is 0.315 bits per heavy atom. The van der Waals surface area contributed by atoms with Crippen LogP contribution in [0.4, 0.5) is 0 Å². The molecule has 0 aliphatic carbocycles. The van der Waals surface area contributed by atoms with Crippen LogP contribution in [0.15, 0.2) is 182 Å². The average molecular weight is 723 g/mol. The van der Waals surface area contributed by atoms with Gasteiger partial charge in [-0.25, -0.2) is 0 Å². The maximum atomic E-state index is 2.51. The lowest BCUT2D eigenvalue weighted by Gasteiger charge is -2.14. The van der Waals surface area contributed by atoms with Gasteiger partial charge in [0, 0.05) is 62.8 Å². The highest BCUT2D eigenvalue weighted by molar-refractivity contribution is 7.26. The number of rotatable bonds is 4. The standard InChI is InChI=1S/C50H30N2S2/c1-3-13-33-27-35(25-23-31(33)11-1)51-43(41-19-9-17-39-37-15-5-7-21-47(37)53-49(39)41)29-46-45(51)30-44(52(46)36-26-24-32-12-2-4-14-34(32)28-36)42-20-10-18-40-38-16-6-8-22-48(38)54-50(40)42/h1-30H. The summed E-state index contributed by atoms with van der Waals surface area (Å²) in [6, 6.07) is 67.3. The van der Waals surface area contributed by atoms with Crippen LogP contribution in [-0.2, 0) is 0 Å². The zero-order valence-electron chi connectivity index (χ0n) is 29.0. The predicted octanol–water partition coefficient (Wildman–Crippen LogP) is 14.8. The molecule has 0 unspecified atom stereocenters. The van der Waals surface area contributed by atoms with Gasteiger partial charge in [-0.2, -0.15) is 0 Å². The second-order valence-electron chi connectivity index (χ2n) is 14.1. The van der Waals surface area contributed by atoms with Crippen molar-refractivity contribution in [3.8, 4) is 33.9 Å². The van der Waals surface area contributed by atoms with Crippen molar-refractivity contribution >= 4 is 95.6 Å². The second kappa shape index (κ2) is 11.5. The molecule has 0 fully saturated rings. The fraction of sp³-hybridized carbons (Fsp3) is 0. The Labute approximate surface area is 319 Å². The Morgan fingerprint density at radius 3 is 1.20 bits per heavy atom. The molecule has 8 aromatic carbocycles. The Hall–Kier alpha value is -6.46. The summed E-state index contributed by atoms with van der Waals surface area (Å²) >= 11 is 3.78. The molecule has 0 atom stereocenters. The quantitative estimate of drug-likeness (QED) is 0.171. The van der Waals surface area contributed by atoms with Gasteiger partial charge in [0.05, 0.1) is 22.4 Å². The van der Waals surface area contributed by atoms with Crippen LogP contribution in [0.5, 0.6) is 0 Å². The topological polar surface area (TPSA) is 9.86 Å². The summed E-state index contributed by atoms with van der Waals surface area (Å²) in [5, 5.41) is 10.2. The molecular weight excluding hydrogens is 693 g/mol. The summed E-state index contributed by atoms with van der Waals surface area (Å²) in [4.78, 5) is 0. The molecule has 0 N–H and O–H groups in total. The van der Waals surface area contributed by atoms with Gasteiger partial charge < -0.3 is 9.13 Å². The molecule has 0 amide bonds. The van der Waals surface area contributed by atoms with Crippen LogP contribution in [0.1, 0.15) is 0 Å². The van der Waals surface area contributed by atoms with Crippen molar-refractivity contribution in [2.45, 2.75) is 0 Å². The first kappa shape index (κ1) is 30.0. The van der Waals surface area contributed by atoms with Gasteiger partial charge in [-0.15, -0.1) is 22.7 Å². The molecule has 4 heteroatoms. The van der Waals surface area contributed by atoms with Crippen LogP contribution >= 0.6 is 22.7 Å². The Kier molecular flexibility index (Phi) is 6.41. The van der Waals surface area contributed by atoms with E-state index >= 15 is 0 Å². The zero-order valence-corrected chi connectivity index (χ0v) is 30.7. The third-order valence-electron chi connectivity index (χ3n) is 11.1. The summed E-state index contributed by atoms with van der Waals surface area (Å²) < 4.78 is 10.3. The molecule has 4 heterocycles. The normalized spacial score (nSPS) is 12.1. The van der Waals surface area contributed by atoms with Gasteiger partial charge >= 0.3 is 0 Å². The Balaban J connectivity index is 1.22. The molecule has 0 bridgehead atoms. The molecule has 54 heavy (non-hydrogen) atoms. The number of thiophene rings is 2. The lowest BCUT2D eigenvalue weighted by atomic mass is 10.1. The predicted molar refractivity (Wildman–Crippen MR) is 234 cm³/mol. The first-order valence-corrected chi connectivity index (χ1v) is 20.0. The smallest absolute Gasteiger partial charge is 0.0724 e. The van der Waals surface area contributed by atoms with Crippen LogP contribution in [0, 0.1) is 0 Å². The summed E-state index contributed by atoms with van der Waals surface area (Å²) in [6.07, 6.45) is 0. The van der Waals surface area contributed by atoms with Crippen molar-refractivity contribution in [3.63, 3.8) is 0 Å². The largest absolute Gasteiger partial charge is 0.308 e. The lowest BCUT2D eigenvalue weighted by Crippen LogP contribution is -1.97. The fourth-order valence-electron chi connectivity index (χ4n) is 8.64. The van der Waals surface area contributed by atoms with Crippen molar-refractivity contribution in [1.29, 1.82) is 0 Å². The third-order valence-corrected chi connectivity index (χ3v) is 13.6. The molecule has 0 aliphatic rings. The number of nitrogens with zero attached hydrogens (tertiary/aromatic N) is 2. The zero-order chi connectivity index (χ0) is 35.3. The van der Waals surface area contributed by atoms with Crippen LogP contribution in [0.3, 0.4) is 0 Å². The SMILES string of the molecule is c1ccc2cc(-n3c(-c4cccc5c4sc4ccccc45)cc4c3cc(-c3cccc5c3sc3ccccc35)n4-c3ccc4ccccc4c3)ccc2c1. The van der Waals surface area contributed by atoms with Gasteiger partial charge in [0.15, 0.2) is 0 Å². The molecule has 0 saturated heterocycles. The van der Waals surface area contributed by atoms with E-state index in [0.29, 0.717) is 0 Å². The van der Waals surface area contributed by atoms with Crippen LogP contribution in [0.25, 0.3) is 107 Å². The molecular formula is C50H30N2S2. The summed E-state index contributed by atoms with van der Waals surface area (Å²) in [5.74, 6) is 0. The maximum Gasteiger partial charge on any atom is 0.0724 e. The third kappa shape index (κ3) is 4.38. The molecule has 252 valence electrons. The molecule has 0 spiro atoms. The first-order chi connectivity index (χ1) is 26.8. The monoisotopic (exact) mass is 722 g/mol. The summed E-state index contributed by atoms with van der Waals surface area (Å²) in [6.45, 7) is 0. The Morgan fingerprint density at radius 2 is 0.722 bits per heavy atom. The van der Waals surface area contributed by atoms with Gasteiger partial charge in [-0.05, 0) is 70.1 Å².